The van der Waals surface area contributed by atoms with Crippen LogP contribution in [0.5, 0.6) is 11.5 Å². The van der Waals surface area contributed by atoms with Crippen LogP contribution in [-0.2, 0) is 16.0 Å². The zero-order valence-electron chi connectivity index (χ0n) is 21.4. The van der Waals surface area contributed by atoms with Gasteiger partial charge >= 0.3 is 5.97 Å². The molecule has 0 saturated carbocycles. The predicted octanol–water partition coefficient (Wildman–Crippen LogP) is 4.54. The summed E-state index contributed by atoms with van der Waals surface area (Å²) in [5.41, 5.74) is 1.94. The van der Waals surface area contributed by atoms with E-state index in [4.69, 9.17) is 13.9 Å². The summed E-state index contributed by atoms with van der Waals surface area (Å²) in [6, 6.07) is 7.32. The molecule has 1 aromatic carbocycles. The Morgan fingerprint density at radius 1 is 1.08 bits per heavy atom. The number of fused-ring (bicyclic) bond motifs is 1. The number of carbonyl (C=O) groups excluding carboxylic acids is 1. The lowest BCUT2D eigenvalue weighted by atomic mass is 9.83. The molecule has 1 fully saturated rings. The first-order valence-corrected chi connectivity index (χ1v) is 13.2. The van der Waals surface area contributed by atoms with E-state index in [1.807, 2.05) is 29.2 Å². The Morgan fingerprint density at radius 2 is 1.83 bits per heavy atom. The van der Waals surface area contributed by atoms with Crippen LogP contribution in [0.15, 0.2) is 41.2 Å². The van der Waals surface area contributed by atoms with Gasteiger partial charge in [0.2, 0.25) is 12.7 Å². The summed E-state index contributed by atoms with van der Waals surface area (Å²) in [4.78, 5) is 30.2. The summed E-state index contributed by atoms with van der Waals surface area (Å²) in [6.45, 7) is 6.66. The van der Waals surface area contributed by atoms with E-state index < -0.39 is 11.9 Å². The second kappa shape index (κ2) is 12.3. The third kappa shape index (κ3) is 6.03. The Morgan fingerprint density at radius 3 is 2.50 bits per heavy atom. The fraction of sp³-hybridized carbons (Fsp3) is 0.571. The number of aryl methyl sites for hydroxylation is 1. The van der Waals surface area contributed by atoms with Crippen molar-refractivity contribution in [3.63, 3.8) is 0 Å². The van der Waals surface area contributed by atoms with Crippen LogP contribution in [0.4, 0.5) is 0 Å². The van der Waals surface area contributed by atoms with Crippen LogP contribution in [0, 0.1) is 5.92 Å². The number of unbranched alkanes of at least 4 members (excludes halogenated alkanes) is 2. The molecule has 2 aromatic rings. The highest BCUT2D eigenvalue weighted by atomic mass is 16.7. The number of aliphatic carboxylic acids is 1. The van der Waals surface area contributed by atoms with Crippen LogP contribution >= 0.6 is 0 Å². The van der Waals surface area contributed by atoms with Crippen LogP contribution in [-0.4, -0.2) is 65.8 Å². The van der Waals surface area contributed by atoms with Crippen molar-refractivity contribution in [3.05, 3.63) is 47.9 Å². The van der Waals surface area contributed by atoms with Crippen LogP contribution in [0.25, 0.3) is 0 Å². The molecule has 1 aromatic heterocycles. The Hall–Kier alpha value is -3.00. The van der Waals surface area contributed by atoms with Crippen molar-refractivity contribution in [1.29, 1.82) is 0 Å². The molecule has 1 N–H and O–H groups in total. The second-order valence-electron chi connectivity index (χ2n) is 9.84. The Balaban J connectivity index is 1.58. The lowest BCUT2D eigenvalue weighted by Crippen LogP contribution is -2.44. The first-order chi connectivity index (χ1) is 17.5. The highest BCUT2D eigenvalue weighted by Gasteiger charge is 2.47. The molecule has 1 amide bonds. The van der Waals surface area contributed by atoms with Crippen LogP contribution in [0.2, 0.25) is 0 Å². The van der Waals surface area contributed by atoms with E-state index in [1.54, 1.807) is 12.5 Å². The first kappa shape index (κ1) is 26.1. The van der Waals surface area contributed by atoms with Gasteiger partial charge in [-0.2, -0.15) is 0 Å². The number of benzene rings is 1. The molecule has 0 spiro atoms. The maximum atomic E-state index is 13.4. The van der Waals surface area contributed by atoms with Crippen LogP contribution in [0.3, 0.4) is 0 Å². The van der Waals surface area contributed by atoms with E-state index in [1.165, 1.54) is 0 Å². The molecule has 4 rings (SSSR count). The van der Waals surface area contributed by atoms with E-state index in [0.717, 1.165) is 49.9 Å². The molecule has 3 heterocycles. The van der Waals surface area contributed by atoms with Gasteiger partial charge in [-0.25, -0.2) is 0 Å². The SMILES string of the molecule is CCCCN(CCCC)C(=O)CN1C[C@H](c2ccc3c(c2)OCO3)[C@@H](C(=O)O)[C@@H]1CCc1ccoc1. The monoisotopic (exact) mass is 498 g/mol. The molecule has 8 heteroatoms. The largest absolute Gasteiger partial charge is 0.481 e. The Kier molecular flexibility index (Phi) is 8.91. The zero-order valence-corrected chi connectivity index (χ0v) is 21.4. The first-order valence-electron chi connectivity index (χ1n) is 13.2. The molecule has 0 radical (unpaired) electrons. The lowest BCUT2D eigenvalue weighted by molar-refractivity contribution is -0.143. The topological polar surface area (TPSA) is 92.5 Å². The van der Waals surface area contributed by atoms with Gasteiger partial charge in [-0.15, -0.1) is 0 Å². The van der Waals surface area contributed by atoms with Gasteiger partial charge in [0, 0.05) is 31.6 Å². The number of nitrogens with zero attached hydrogens (tertiary/aromatic N) is 2. The van der Waals surface area contributed by atoms with Crippen molar-refractivity contribution in [2.24, 2.45) is 5.92 Å². The van der Waals surface area contributed by atoms with E-state index in [0.29, 0.717) is 30.9 Å². The minimum atomic E-state index is -0.835. The van der Waals surface area contributed by atoms with Crippen molar-refractivity contribution < 1.29 is 28.6 Å². The zero-order chi connectivity index (χ0) is 25.5. The number of furan rings is 1. The van der Waals surface area contributed by atoms with Crippen molar-refractivity contribution >= 4 is 11.9 Å². The second-order valence-corrected chi connectivity index (χ2v) is 9.84. The molecule has 196 valence electrons. The van der Waals surface area contributed by atoms with Crippen molar-refractivity contribution in [3.8, 4) is 11.5 Å². The van der Waals surface area contributed by atoms with Gasteiger partial charge in [-0.1, -0.05) is 32.8 Å². The van der Waals surface area contributed by atoms with Gasteiger partial charge in [0.25, 0.3) is 0 Å². The maximum Gasteiger partial charge on any atom is 0.308 e. The molecule has 2 aliphatic heterocycles. The van der Waals surface area contributed by atoms with E-state index in [9.17, 15) is 14.7 Å². The van der Waals surface area contributed by atoms with Crippen molar-refractivity contribution in [1.82, 2.24) is 9.80 Å². The summed E-state index contributed by atoms with van der Waals surface area (Å²) < 4.78 is 16.2. The normalized spacial score (nSPS) is 21.1. The smallest absolute Gasteiger partial charge is 0.308 e. The number of carbonyl (C=O) groups is 2. The van der Waals surface area contributed by atoms with Crippen molar-refractivity contribution in [2.45, 2.75) is 64.3 Å². The van der Waals surface area contributed by atoms with E-state index in [2.05, 4.69) is 18.7 Å². The van der Waals surface area contributed by atoms with Gasteiger partial charge in [0.05, 0.1) is 25.0 Å². The molecular weight excluding hydrogens is 460 g/mol. The number of amides is 1. The number of hydrogen-bond acceptors (Lipinski definition) is 6. The minimum absolute atomic E-state index is 0.0840. The molecule has 36 heavy (non-hydrogen) atoms. The van der Waals surface area contributed by atoms with Crippen LogP contribution < -0.4 is 9.47 Å². The molecule has 2 aliphatic rings. The van der Waals surface area contributed by atoms with Gasteiger partial charge in [-0.3, -0.25) is 14.5 Å². The average molecular weight is 499 g/mol. The molecule has 1 saturated heterocycles. The predicted molar refractivity (Wildman–Crippen MR) is 135 cm³/mol. The molecular formula is C28H38N2O6. The summed E-state index contributed by atoms with van der Waals surface area (Å²) in [5.74, 6) is -0.316. The van der Waals surface area contributed by atoms with Crippen molar-refractivity contribution in [2.75, 3.05) is 33.0 Å². The van der Waals surface area contributed by atoms with Gasteiger partial charge < -0.3 is 23.9 Å². The van der Waals surface area contributed by atoms with Gasteiger partial charge in [0.1, 0.15) is 0 Å². The molecule has 8 nitrogen and oxygen atoms in total. The standard InChI is InChI=1S/C28H38N2O6/c1-3-5-12-29(13-6-4-2)26(31)17-30-16-22(21-8-10-24-25(15-21)36-19-35-24)27(28(32)33)23(30)9-7-20-11-14-34-18-20/h8,10-11,14-15,18,22-23,27H,3-7,9,12-13,16-17,19H2,1-2H3,(H,32,33)/t22-,23+,27-/m1/s1. The molecule has 0 aliphatic carbocycles. The van der Waals surface area contributed by atoms with E-state index >= 15 is 0 Å². The minimum Gasteiger partial charge on any atom is -0.481 e. The number of ether oxygens (including phenoxy) is 2. The third-order valence-electron chi connectivity index (χ3n) is 7.42. The van der Waals surface area contributed by atoms with Gasteiger partial charge in [0.15, 0.2) is 11.5 Å². The van der Waals surface area contributed by atoms with Gasteiger partial charge in [-0.05, 0) is 55.0 Å². The highest BCUT2D eigenvalue weighted by Crippen LogP contribution is 2.43. The summed E-state index contributed by atoms with van der Waals surface area (Å²) in [7, 11) is 0. The molecule has 0 bridgehead atoms. The summed E-state index contributed by atoms with van der Waals surface area (Å²) in [6.07, 6.45) is 8.66. The quantitative estimate of drug-likeness (QED) is 0.433. The molecule has 0 unspecified atom stereocenters. The maximum absolute atomic E-state index is 13.4. The number of likely N-dealkylation sites (tertiary alicyclic amines) is 1. The number of rotatable bonds is 13. The third-order valence-corrected chi connectivity index (χ3v) is 7.42. The average Bonchev–Trinajstić information content (AvgIpc) is 3.62. The fourth-order valence-electron chi connectivity index (χ4n) is 5.42. The summed E-state index contributed by atoms with van der Waals surface area (Å²) >= 11 is 0. The fourth-order valence-corrected chi connectivity index (χ4v) is 5.42. The number of carboxylic acids is 1. The number of carboxylic acid groups (broad SMARTS) is 1. The highest BCUT2D eigenvalue weighted by molar-refractivity contribution is 5.79. The van der Waals surface area contributed by atoms with E-state index in [-0.39, 0.29) is 31.2 Å². The Bertz CT molecular complexity index is 999. The molecule has 3 atom stereocenters. The summed E-state index contributed by atoms with van der Waals surface area (Å²) in [5, 5.41) is 10.4. The lowest BCUT2D eigenvalue weighted by Gasteiger charge is -2.29. The number of hydrogen-bond donors (Lipinski definition) is 1. The Labute approximate surface area is 213 Å². The van der Waals surface area contributed by atoms with Crippen LogP contribution in [0.1, 0.15) is 63.0 Å².